The number of hydrogen-bond acceptors (Lipinski definition) is 3. The van der Waals surface area contributed by atoms with Gasteiger partial charge in [0.15, 0.2) is 5.79 Å². The van der Waals surface area contributed by atoms with E-state index in [1.807, 2.05) is 26.0 Å². The molecule has 0 radical (unpaired) electrons. The van der Waals surface area contributed by atoms with E-state index in [4.69, 9.17) is 9.47 Å². The van der Waals surface area contributed by atoms with E-state index in [0.29, 0.717) is 19.6 Å². The first-order valence-corrected chi connectivity index (χ1v) is 5.26. The average molecular weight is 208 g/mol. The maximum absolute atomic E-state index is 9.89. The van der Waals surface area contributed by atoms with Crippen LogP contribution in [0.3, 0.4) is 0 Å². The molecule has 0 aromatic heterocycles. The van der Waals surface area contributed by atoms with Crippen molar-refractivity contribution < 1.29 is 14.6 Å². The van der Waals surface area contributed by atoms with Gasteiger partial charge in [0, 0.05) is 6.42 Å². The van der Waals surface area contributed by atoms with Crippen molar-refractivity contribution >= 4 is 0 Å². The SMILES string of the molecule is CCC1(c2c(C)cccc2O)OCCO1. The fraction of sp³-hybridized carbons (Fsp3) is 0.500. The summed E-state index contributed by atoms with van der Waals surface area (Å²) < 4.78 is 11.3. The van der Waals surface area contributed by atoms with Gasteiger partial charge in [-0.3, -0.25) is 0 Å². The molecule has 3 nitrogen and oxygen atoms in total. The van der Waals surface area contributed by atoms with Crippen LogP contribution in [-0.2, 0) is 15.3 Å². The Kier molecular flexibility index (Phi) is 2.67. The molecule has 1 N–H and O–H groups in total. The molecule has 0 bridgehead atoms. The molecule has 0 amide bonds. The molecule has 2 rings (SSSR count). The minimum Gasteiger partial charge on any atom is -0.507 e. The summed E-state index contributed by atoms with van der Waals surface area (Å²) in [4.78, 5) is 0. The van der Waals surface area contributed by atoms with Crippen molar-refractivity contribution in [3.63, 3.8) is 0 Å². The van der Waals surface area contributed by atoms with E-state index in [-0.39, 0.29) is 5.75 Å². The molecular weight excluding hydrogens is 192 g/mol. The quantitative estimate of drug-likeness (QED) is 0.810. The van der Waals surface area contributed by atoms with Gasteiger partial charge in [0.05, 0.1) is 18.8 Å². The third-order valence-corrected chi connectivity index (χ3v) is 2.85. The smallest absolute Gasteiger partial charge is 0.198 e. The minimum atomic E-state index is -0.741. The molecule has 1 fully saturated rings. The van der Waals surface area contributed by atoms with Crippen LogP contribution in [0.25, 0.3) is 0 Å². The molecule has 3 heteroatoms. The Balaban J connectivity index is 2.51. The highest BCUT2D eigenvalue weighted by Gasteiger charge is 2.39. The highest BCUT2D eigenvalue weighted by Crippen LogP contribution is 2.40. The second-order valence-electron chi connectivity index (χ2n) is 3.77. The molecule has 1 aromatic rings. The van der Waals surface area contributed by atoms with Crippen LogP contribution in [0.15, 0.2) is 18.2 Å². The number of rotatable bonds is 2. The van der Waals surface area contributed by atoms with E-state index >= 15 is 0 Å². The summed E-state index contributed by atoms with van der Waals surface area (Å²) in [5.41, 5.74) is 1.77. The normalized spacial score (nSPS) is 19.3. The number of phenols is 1. The van der Waals surface area contributed by atoms with Crippen molar-refractivity contribution in [2.24, 2.45) is 0 Å². The highest BCUT2D eigenvalue weighted by molar-refractivity contribution is 5.42. The fourth-order valence-electron chi connectivity index (χ4n) is 2.13. The molecule has 0 atom stereocenters. The number of phenolic OH excluding ortho intramolecular Hbond substituents is 1. The van der Waals surface area contributed by atoms with Crippen molar-refractivity contribution in [2.75, 3.05) is 13.2 Å². The van der Waals surface area contributed by atoms with Gasteiger partial charge in [0.1, 0.15) is 5.75 Å². The van der Waals surface area contributed by atoms with Crippen molar-refractivity contribution in [2.45, 2.75) is 26.1 Å². The van der Waals surface area contributed by atoms with Crippen LogP contribution < -0.4 is 0 Å². The molecular formula is C12H16O3. The molecule has 1 aliphatic rings. The lowest BCUT2D eigenvalue weighted by atomic mass is 9.97. The van der Waals surface area contributed by atoms with Crippen molar-refractivity contribution in [1.29, 1.82) is 0 Å². The molecule has 0 saturated carbocycles. The first-order chi connectivity index (χ1) is 7.19. The van der Waals surface area contributed by atoms with E-state index in [0.717, 1.165) is 11.1 Å². The maximum atomic E-state index is 9.89. The summed E-state index contributed by atoms with van der Waals surface area (Å²) in [6.07, 6.45) is 0.700. The van der Waals surface area contributed by atoms with Gasteiger partial charge in [-0.25, -0.2) is 0 Å². The zero-order chi connectivity index (χ0) is 10.9. The largest absolute Gasteiger partial charge is 0.507 e. The number of benzene rings is 1. The molecule has 1 aromatic carbocycles. The topological polar surface area (TPSA) is 38.7 Å². The molecule has 15 heavy (non-hydrogen) atoms. The third kappa shape index (κ3) is 1.62. The monoisotopic (exact) mass is 208 g/mol. The van der Waals surface area contributed by atoms with Gasteiger partial charge in [-0.15, -0.1) is 0 Å². The maximum Gasteiger partial charge on any atom is 0.198 e. The predicted octanol–water partition coefficient (Wildman–Crippen LogP) is 2.31. The highest BCUT2D eigenvalue weighted by atomic mass is 16.7. The second-order valence-corrected chi connectivity index (χ2v) is 3.77. The second kappa shape index (κ2) is 3.83. The Labute approximate surface area is 89.6 Å². The lowest BCUT2D eigenvalue weighted by Crippen LogP contribution is -2.27. The summed E-state index contributed by atoms with van der Waals surface area (Å²) in [5, 5.41) is 9.89. The van der Waals surface area contributed by atoms with Crippen LogP contribution in [0, 0.1) is 6.92 Å². The summed E-state index contributed by atoms with van der Waals surface area (Å²) >= 11 is 0. The average Bonchev–Trinajstić information content (AvgIpc) is 2.67. The number of aryl methyl sites for hydroxylation is 1. The number of aromatic hydroxyl groups is 1. The Bertz CT molecular complexity index is 334. The van der Waals surface area contributed by atoms with E-state index in [2.05, 4.69) is 0 Å². The molecule has 0 aliphatic carbocycles. The first kappa shape index (κ1) is 10.5. The summed E-state index contributed by atoms with van der Waals surface area (Å²) in [5.74, 6) is -0.492. The van der Waals surface area contributed by atoms with Gasteiger partial charge in [-0.1, -0.05) is 19.1 Å². The lowest BCUT2D eigenvalue weighted by Gasteiger charge is -2.28. The van der Waals surface area contributed by atoms with Gasteiger partial charge in [-0.05, 0) is 18.6 Å². The van der Waals surface area contributed by atoms with Crippen LogP contribution >= 0.6 is 0 Å². The fourth-order valence-corrected chi connectivity index (χ4v) is 2.13. The number of hydrogen-bond donors (Lipinski definition) is 1. The Morgan fingerprint density at radius 3 is 2.53 bits per heavy atom. The predicted molar refractivity (Wildman–Crippen MR) is 56.7 cm³/mol. The van der Waals surface area contributed by atoms with Gasteiger partial charge in [0.25, 0.3) is 0 Å². The summed E-state index contributed by atoms with van der Waals surface area (Å²) in [6, 6.07) is 5.45. The van der Waals surface area contributed by atoms with E-state index in [1.165, 1.54) is 0 Å². The van der Waals surface area contributed by atoms with Crippen molar-refractivity contribution in [1.82, 2.24) is 0 Å². The van der Waals surface area contributed by atoms with E-state index < -0.39 is 5.79 Å². The molecule has 0 spiro atoms. The Hall–Kier alpha value is -1.06. The zero-order valence-electron chi connectivity index (χ0n) is 9.12. The standard InChI is InChI=1S/C12H16O3/c1-3-12(14-7-8-15-12)11-9(2)5-4-6-10(11)13/h4-6,13H,3,7-8H2,1-2H3. The lowest BCUT2D eigenvalue weighted by molar-refractivity contribution is -0.168. The first-order valence-electron chi connectivity index (χ1n) is 5.26. The molecule has 0 unspecified atom stereocenters. The Morgan fingerprint density at radius 1 is 1.33 bits per heavy atom. The van der Waals surface area contributed by atoms with Gasteiger partial charge in [0.2, 0.25) is 0 Å². The van der Waals surface area contributed by atoms with Crippen LogP contribution in [0.1, 0.15) is 24.5 Å². The van der Waals surface area contributed by atoms with Crippen molar-refractivity contribution in [3.8, 4) is 5.75 Å². The molecule has 1 heterocycles. The Morgan fingerprint density at radius 2 is 2.00 bits per heavy atom. The van der Waals surface area contributed by atoms with Gasteiger partial charge in [-0.2, -0.15) is 0 Å². The molecule has 1 aliphatic heterocycles. The number of ether oxygens (including phenoxy) is 2. The molecule has 1 saturated heterocycles. The van der Waals surface area contributed by atoms with Crippen LogP contribution in [0.5, 0.6) is 5.75 Å². The van der Waals surface area contributed by atoms with Crippen LogP contribution in [0.4, 0.5) is 0 Å². The van der Waals surface area contributed by atoms with Crippen LogP contribution in [-0.4, -0.2) is 18.3 Å². The summed E-state index contributed by atoms with van der Waals surface area (Å²) in [6.45, 7) is 5.12. The zero-order valence-corrected chi connectivity index (χ0v) is 9.12. The minimum absolute atomic E-state index is 0.249. The van der Waals surface area contributed by atoms with E-state index in [1.54, 1.807) is 6.07 Å². The summed E-state index contributed by atoms with van der Waals surface area (Å²) in [7, 11) is 0. The van der Waals surface area contributed by atoms with Crippen molar-refractivity contribution in [3.05, 3.63) is 29.3 Å². The van der Waals surface area contributed by atoms with Gasteiger partial charge >= 0.3 is 0 Å². The third-order valence-electron chi connectivity index (χ3n) is 2.85. The van der Waals surface area contributed by atoms with E-state index in [9.17, 15) is 5.11 Å². The molecule has 82 valence electrons. The van der Waals surface area contributed by atoms with Crippen LogP contribution in [0.2, 0.25) is 0 Å². The van der Waals surface area contributed by atoms with Gasteiger partial charge < -0.3 is 14.6 Å².